The third-order valence-electron chi connectivity index (χ3n) is 2.56. The van der Waals surface area contributed by atoms with E-state index in [1.165, 1.54) is 0 Å². The van der Waals surface area contributed by atoms with Crippen molar-refractivity contribution in [1.29, 1.82) is 0 Å². The molecule has 0 aliphatic carbocycles. The van der Waals surface area contributed by atoms with E-state index in [-0.39, 0.29) is 6.04 Å². The molecule has 0 aliphatic heterocycles. The van der Waals surface area contributed by atoms with Crippen LogP contribution >= 0.6 is 0 Å². The van der Waals surface area contributed by atoms with Gasteiger partial charge in [-0.3, -0.25) is 20.8 Å². The third kappa shape index (κ3) is 2.44. The second kappa shape index (κ2) is 5.52. The van der Waals surface area contributed by atoms with Crippen molar-refractivity contribution >= 4 is 0 Å². The van der Waals surface area contributed by atoms with Crippen LogP contribution in [0.15, 0.2) is 30.7 Å². The number of pyridine rings is 1. The van der Waals surface area contributed by atoms with E-state index in [0.29, 0.717) is 17.1 Å². The molecule has 6 nitrogen and oxygen atoms in total. The van der Waals surface area contributed by atoms with Crippen LogP contribution in [-0.4, -0.2) is 22.1 Å². The normalized spacial score (nSPS) is 12.2. The fraction of sp³-hybridized carbons (Fsp3) is 0.250. The minimum atomic E-state index is -0.353. The van der Waals surface area contributed by atoms with Gasteiger partial charge < -0.3 is 4.74 Å². The lowest BCUT2D eigenvalue weighted by atomic mass is 10.1. The summed E-state index contributed by atoms with van der Waals surface area (Å²) in [6.45, 7) is 1.88. The van der Waals surface area contributed by atoms with Crippen LogP contribution in [0.3, 0.4) is 0 Å². The quantitative estimate of drug-likeness (QED) is 0.610. The van der Waals surface area contributed by atoms with Gasteiger partial charge in [-0.2, -0.15) is 0 Å². The van der Waals surface area contributed by atoms with Crippen LogP contribution in [0.2, 0.25) is 0 Å². The largest absolute Gasteiger partial charge is 0.495 e. The molecule has 2 rings (SSSR count). The highest BCUT2D eigenvalue weighted by molar-refractivity contribution is 5.33. The Balaban J connectivity index is 2.41. The van der Waals surface area contributed by atoms with Gasteiger partial charge in [0.2, 0.25) is 0 Å². The van der Waals surface area contributed by atoms with E-state index in [1.54, 1.807) is 31.8 Å². The van der Waals surface area contributed by atoms with E-state index in [2.05, 4.69) is 20.4 Å². The second-order valence-electron chi connectivity index (χ2n) is 3.77. The highest BCUT2D eigenvalue weighted by atomic mass is 16.5. The minimum Gasteiger partial charge on any atom is -0.495 e. The zero-order chi connectivity index (χ0) is 13.0. The third-order valence-corrected chi connectivity index (χ3v) is 2.56. The van der Waals surface area contributed by atoms with E-state index < -0.39 is 0 Å². The highest BCUT2D eigenvalue weighted by Gasteiger charge is 2.19. The van der Waals surface area contributed by atoms with Gasteiger partial charge >= 0.3 is 0 Å². The molecule has 0 radical (unpaired) electrons. The number of rotatable bonds is 4. The molecule has 0 aliphatic rings. The summed E-state index contributed by atoms with van der Waals surface area (Å²) < 4.78 is 5.27. The van der Waals surface area contributed by atoms with Crippen LogP contribution in [-0.2, 0) is 0 Å². The lowest BCUT2D eigenvalue weighted by molar-refractivity contribution is 0.399. The maximum Gasteiger partial charge on any atom is 0.142 e. The van der Waals surface area contributed by atoms with Crippen molar-refractivity contribution in [3.05, 3.63) is 47.8 Å². The van der Waals surface area contributed by atoms with Crippen LogP contribution in [0, 0.1) is 6.92 Å². The van der Waals surface area contributed by atoms with E-state index in [4.69, 9.17) is 10.6 Å². The van der Waals surface area contributed by atoms with Gasteiger partial charge in [0.25, 0.3) is 0 Å². The van der Waals surface area contributed by atoms with Gasteiger partial charge in [-0.15, -0.1) is 0 Å². The molecule has 2 aromatic rings. The first-order chi connectivity index (χ1) is 8.76. The van der Waals surface area contributed by atoms with Gasteiger partial charge in [0, 0.05) is 12.4 Å². The number of hydrogen-bond acceptors (Lipinski definition) is 6. The van der Waals surface area contributed by atoms with Crippen LogP contribution in [0.1, 0.15) is 23.1 Å². The Kier molecular flexibility index (Phi) is 3.81. The van der Waals surface area contributed by atoms with Crippen molar-refractivity contribution in [3.63, 3.8) is 0 Å². The van der Waals surface area contributed by atoms with E-state index in [0.717, 1.165) is 5.69 Å². The average molecular weight is 245 g/mol. The van der Waals surface area contributed by atoms with Gasteiger partial charge in [0.15, 0.2) is 0 Å². The maximum atomic E-state index is 5.59. The van der Waals surface area contributed by atoms with Crippen molar-refractivity contribution in [2.45, 2.75) is 13.0 Å². The highest BCUT2D eigenvalue weighted by Crippen LogP contribution is 2.25. The molecule has 2 heterocycles. The van der Waals surface area contributed by atoms with Gasteiger partial charge in [-0.05, 0) is 19.1 Å². The maximum absolute atomic E-state index is 5.59. The molecular weight excluding hydrogens is 230 g/mol. The first kappa shape index (κ1) is 12.4. The predicted molar refractivity (Wildman–Crippen MR) is 66.7 cm³/mol. The Bertz CT molecular complexity index is 514. The lowest BCUT2D eigenvalue weighted by Crippen LogP contribution is -2.30. The molecule has 1 atom stereocenters. The predicted octanol–water partition coefficient (Wildman–Crippen LogP) is 0.741. The molecule has 3 N–H and O–H groups in total. The number of hydrazine groups is 1. The molecule has 0 aromatic carbocycles. The molecule has 0 saturated carbocycles. The van der Waals surface area contributed by atoms with E-state index in [9.17, 15) is 0 Å². The number of aromatic nitrogens is 3. The molecule has 94 valence electrons. The summed E-state index contributed by atoms with van der Waals surface area (Å²) in [4.78, 5) is 12.8. The Morgan fingerprint density at radius 1 is 1.28 bits per heavy atom. The Morgan fingerprint density at radius 3 is 2.72 bits per heavy atom. The van der Waals surface area contributed by atoms with Gasteiger partial charge in [-0.25, -0.2) is 5.43 Å². The molecule has 1 unspecified atom stereocenters. The van der Waals surface area contributed by atoms with Crippen molar-refractivity contribution in [3.8, 4) is 5.75 Å². The van der Waals surface area contributed by atoms with Crippen molar-refractivity contribution in [2.24, 2.45) is 5.84 Å². The lowest BCUT2D eigenvalue weighted by Gasteiger charge is -2.16. The van der Waals surface area contributed by atoms with E-state index >= 15 is 0 Å². The summed E-state index contributed by atoms with van der Waals surface area (Å²) in [5.41, 5.74) is 4.91. The fourth-order valence-electron chi connectivity index (χ4n) is 1.65. The summed E-state index contributed by atoms with van der Waals surface area (Å²) in [6.07, 6.45) is 5.05. The van der Waals surface area contributed by atoms with Crippen LogP contribution < -0.4 is 16.0 Å². The molecule has 0 amide bonds. The number of hydrogen-bond donors (Lipinski definition) is 2. The molecule has 0 bridgehead atoms. The zero-order valence-electron chi connectivity index (χ0n) is 10.3. The summed E-state index contributed by atoms with van der Waals surface area (Å²) in [7, 11) is 1.59. The van der Waals surface area contributed by atoms with Crippen molar-refractivity contribution in [1.82, 2.24) is 20.4 Å². The molecular formula is C12H15N5O. The molecule has 2 aromatic heterocycles. The SMILES string of the molecule is COc1cccnc1C(NN)c1cnc(C)cn1. The second-order valence-corrected chi connectivity index (χ2v) is 3.77. The zero-order valence-corrected chi connectivity index (χ0v) is 10.3. The Hall–Kier alpha value is -2.05. The van der Waals surface area contributed by atoms with Gasteiger partial charge in [0.1, 0.15) is 17.5 Å². The summed E-state index contributed by atoms with van der Waals surface area (Å²) in [5, 5.41) is 0. The summed E-state index contributed by atoms with van der Waals surface area (Å²) in [6, 6.07) is 3.28. The number of nitrogens with two attached hydrogens (primary N) is 1. The van der Waals surface area contributed by atoms with Gasteiger partial charge in [-0.1, -0.05) is 0 Å². The molecule has 6 heteroatoms. The smallest absolute Gasteiger partial charge is 0.142 e. The Labute approximate surface area is 105 Å². The number of nitrogens with one attached hydrogen (secondary N) is 1. The fourth-order valence-corrected chi connectivity index (χ4v) is 1.65. The number of methoxy groups -OCH3 is 1. The van der Waals surface area contributed by atoms with Crippen LogP contribution in [0.25, 0.3) is 0 Å². The first-order valence-corrected chi connectivity index (χ1v) is 5.50. The summed E-state index contributed by atoms with van der Waals surface area (Å²) >= 11 is 0. The topological polar surface area (TPSA) is 86.0 Å². The number of ether oxygens (including phenoxy) is 1. The monoisotopic (exact) mass is 245 g/mol. The molecule has 18 heavy (non-hydrogen) atoms. The van der Waals surface area contributed by atoms with Crippen LogP contribution in [0.5, 0.6) is 5.75 Å². The summed E-state index contributed by atoms with van der Waals surface area (Å²) in [5.74, 6) is 6.24. The molecule has 0 saturated heterocycles. The van der Waals surface area contributed by atoms with Crippen molar-refractivity contribution < 1.29 is 4.74 Å². The number of nitrogens with zero attached hydrogens (tertiary/aromatic N) is 3. The first-order valence-electron chi connectivity index (χ1n) is 5.50. The molecule has 0 spiro atoms. The molecule has 0 fully saturated rings. The van der Waals surface area contributed by atoms with Crippen molar-refractivity contribution in [2.75, 3.05) is 7.11 Å². The number of aryl methyl sites for hydroxylation is 1. The Morgan fingerprint density at radius 2 is 2.11 bits per heavy atom. The minimum absolute atomic E-state index is 0.353. The van der Waals surface area contributed by atoms with Crippen LogP contribution in [0.4, 0.5) is 0 Å². The van der Waals surface area contributed by atoms with Gasteiger partial charge in [0.05, 0.1) is 24.7 Å². The standard InChI is InChI=1S/C12H15N5O/c1-8-6-16-9(7-15-8)11(17-13)12-10(18-2)4-3-5-14-12/h3-7,11,17H,13H2,1-2H3. The average Bonchev–Trinajstić information content (AvgIpc) is 2.42. The van der Waals surface area contributed by atoms with E-state index in [1.807, 2.05) is 13.0 Å².